The molecule has 1 heterocycles. The molecular weight excluding hydrogens is 190 g/mol. The van der Waals surface area contributed by atoms with Gasteiger partial charge in [-0.2, -0.15) is 4.39 Å². The molecule has 1 rings (SSSR count). The Morgan fingerprint density at radius 2 is 2.00 bits per heavy atom. The average Bonchev–Trinajstić information content (AvgIpc) is 2.08. The van der Waals surface area contributed by atoms with Gasteiger partial charge in [0.05, 0.1) is 5.56 Å². The summed E-state index contributed by atoms with van der Waals surface area (Å²) in [6.07, 6.45) is -3.29. The second-order valence-electron chi connectivity index (χ2n) is 2.15. The lowest BCUT2D eigenvalue weighted by Gasteiger charge is -2.02. The van der Waals surface area contributed by atoms with E-state index >= 15 is 0 Å². The van der Waals surface area contributed by atoms with Crippen LogP contribution in [0.1, 0.15) is 22.5 Å². The molecular formula is C7H3F4NO. The van der Waals surface area contributed by atoms with E-state index in [9.17, 15) is 22.4 Å². The monoisotopic (exact) mass is 193 g/mol. The molecule has 0 aliphatic heterocycles. The van der Waals surface area contributed by atoms with Crippen LogP contribution in [-0.4, -0.2) is 11.3 Å². The first-order valence-corrected chi connectivity index (χ1v) is 3.15. The number of hydrogen-bond acceptors (Lipinski definition) is 2. The molecule has 0 aliphatic carbocycles. The highest BCUT2D eigenvalue weighted by molar-refractivity contribution is 5.72. The SMILES string of the molecule is O=Cc1nc(F)cc(C(F)F)c1F. The van der Waals surface area contributed by atoms with Crippen LogP contribution in [-0.2, 0) is 0 Å². The van der Waals surface area contributed by atoms with Gasteiger partial charge in [-0.1, -0.05) is 0 Å². The lowest BCUT2D eigenvalue weighted by Crippen LogP contribution is -2.02. The van der Waals surface area contributed by atoms with Crippen molar-refractivity contribution in [2.75, 3.05) is 0 Å². The third kappa shape index (κ3) is 1.82. The fraction of sp³-hybridized carbons (Fsp3) is 0.143. The van der Waals surface area contributed by atoms with Crippen LogP contribution < -0.4 is 0 Å². The molecule has 0 bridgehead atoms. The Morgan fingerprint density at radius 1 is 1.38 bits per heavy atom. The zero-order valence-corrected chi connectivity index (χ0v) is 6.10. The van der Waals surface area contributed by atoms with Crippen LogP contribution >= 0.6 is 0 Å². The van der Waals surface area contributed by atoms with E-state index in [1.807, 2.05) is 0 Å². The van der Waals surface area contributed by atoms with E-state index in [2.05, 4.69) is 4.98 Å². The van der Waals surface area contributed by atoms with Crippen LogP contribution in [0.5, 0.6) is 0 Å². The molecule has 1 aromatic heterocycles. The summed E-state index contributed by atoms with van der Waals surface area (Å²) in [6, 6.07) is 0.257. The number of carbonyl (C=O) groups excluding carboxylic acids is 1. The van der Waals surface area contributed by atoms with E-state index in [0.717, 1.165) is 0 Å². The molecule has 0 unspecified atom stereocenters. The van der Waals surface area contributed by atoms with Gasteiger partial charge in [-0.05, 0) is 0 Å². The average molecular weight is 193 g/mol. The maximum atomic E-state index is 12.8. The van der Waals surface area contributed by atoms with Crippen LogP contribution in [0, 0.1) is 11.8 Å². The zero-order chi connectivity index (χ0) is 10.0. The maximum absolute atomic E-state index is 12.8. The van der Waals surface area contributed by atoms with E-state index in [1.54, 1.807) is 0 Å². The Bertz CT molecular complexity index is 340. The summed E-state index contributed by atoms with van der Waals surface area (Å²) in [4.78, 5) is 12.8. The van der Waals surface area contributed by atoms with Gasteiger partial charge in [0.1, 0.15) is 5.69 Å². The number of carbonyl (C=O) groups is 1. The van der Waals surface area contributed by atoms with Gasteiger partial charge >= 0.3 is 0 Å². The van der Waals surface area contributed by atoms with E-state index in [0.29, 0.717) is 0 Å². The summed E-state index contributed by atoms with van der Waals surface area (Å²) in [5, 5.41) is 0. The molecule has 0 radical (unpaired) electrons. The molecule has 0 saturated heterocycles. The quantitative estimate of drug-likeness (QED) is 0.409. The number of aromatic nitrogens is 1. The number of hydrogen-bond donors (Lipinski definition) is 0. The third-order valence-corrected chi connectivity index (χ3v) is 1.33. The molecule has 6 heteroatoms. The Balaban J connectivity index is 3.35. The third-order valence-electron chi connectivity index (χ3n) is 1.33. The Morgan fingerprint density at radius 3 is 2.46 bits per heavy atom. The minimum absolute atomic E-state index is 0.121. The van der Waals surface area contributed by atoms with Crippen molar-refractivity contribution in [3.63, 3.8) is 0 Å². The first kappa shape index (κ1) is 9.63. The van der Waals surface area contributed by atoms with Crippen molar-refractivity contribution in [1.82, 2.24) is 4.98 Å². The van der Waals surface area contributed by atoms with Gasteiger partial charge in [-0.3, -0.25) is 4.79 Å². The van der Waals surface area contributed by atoms with Crippen LogP contribution in [0.2, 0.25) is 0 Å². The normalized spacial score (nSPS) is 10.5. The number of halogens is 4. The molecule has 2 nitrogen and oxygen atoms in total. The number of rotatable bonds is 2. The standard InChI is InChI=1S/C7H3F4NO/c8-5-1-3(7(10)11)6(9)4(2-13)12-5/h1-2,7H. The lowest BCUT2D eigenvalue weighted by atomic mass is 10.2. The van der Waals surface area contributed by atoms with Crippen molar-refractivity contribution < 1.29 is 22.4 Å². The molecule has 13 heavy (non-hydrogen) atoms. The summed E-state index contributed by atoms with van der Waals surface area (Å²) in [5.74, 6) is -2.79. The Hall–Kier alpha value is -1.46. The molecule has 0 N–H and O–H groups in total. The minimum atomic E-state index is -3.17. The van der Waals surface area contributed by atoms with Gasteiger partial charge in [0.25, 0.3) is 6.43 Å². The molecule has 70 valence electrons. The summed E-state index contributed by atoms with van der Waals surface area (Å²) in [7, 11) is 0. The highest BCUT2D eigenvalue weighted by Gasteiger charge is 2.19. The highest BCUT2D eigenvalue weighted by atomic mass is 19.3. The highest BCUT2D eigenvalue weighted by Crippen LogP contribution is 2.23. The summed E-state index contributed by atoms with van der Waals surface area (Å²) < 4.78 is 49.1. The van der Waals surface area contributed by atoms with Gasteiger partial charge in [-0.25, -0.2) is 18.2 Å². The second-order valence-corrected chi connectivity index (χ2v) is 2.15. The molecule has 0 saturated carbocycles. The Kier molecular flexibility index (Phi) is 2.60. The molecule has 0 fully saturated rings. The van der Waals surface area contributed by atoms with Crippen molar-refractivity contribution in [3.8, 4) is 0 Å². The van der Waals surface area contributed by atoms with E-state index < -0.39 is 29.4 Å². The molecule has 0 atom stereocenters. The van der Waals surface area contributed by atoms with Crippen molar-refractivity contribution in [1.29, 1.82) is 0 Å². The van der Waals surface area contributed by atoms with Crippen molar-refractivity contribution in [2.24, 2.45) is 0 Å². The zero-order valence-electron chi connectivity index (χ0n) is 6.10. The number of nitrogens with zero attached hydrogens (tertiary/aromatic N) is 1. The number of alkyl halides is 2. The molecule has 0 spiro atoms. The van der Waals surface area contributed by atoms with Gasteiger partial charge in [-0.15, -0.1) is 0 Å². The molecule has 0 aromatic carbocycles. The smallest absolute Gasteiger partial charge is 0.266 e. The predicted molar refractivity (Wildman–Crippen MR) is 34.5 cm³/mol. The number of pyridine rings is 1. The summed E-state index contributed by atoms with van der Waals surface area (Å²) in [6.45, 7) is 0. The summed E-state index contributed by atoms with van der Waals surface area (Å²) in [5.41, 5.74) is -2.11. The van der Waals surface area contributed by atoms with Gasteiger partial charge in [0, 0.05) is 6.07 Å². The minimum Gasteiger partial charge on any atom is -0.296 e. The lowest BCUT2D eigenvalue weighted by molar-refractivity contribution is 0.111. The van der Waals surface area contributed by atoms with Gasteiger partial charge < -0.3 is 0 Å². The largest absolute Gasteiger partial charge is 0.296 e. The molecule has 1 aromatic rings. The number of aldehydes is 1. The van der Waals surface area contributed by atoms with Crippen LogP contribution in [0.3, 0.4) is 0 Å². The van der Waals surface area contributed by atoms with E-state index in [1.165, 1.54) is 0 Å². The Labute approximate surface area is 70.2 Å². The fourth-order valence-electron chi connectivity index (χ4n) is 0.773. The van der Waals surface area contributed by atoms with Crippen molar-refractivity contribution in [2.45, 2.75) is 6.43 Å². The van der Waals surface area contributed by atoms with Crippen LogP contribution in [0.25, 0.3) is 0 Å². The van der Waals surface area contributed by atoms with Gasteiger partial charge in [0.2, 0.25) is 5.95 Å². The maximum Gasteiger partial charge on any atom is 0.266 e. The van der Waals surface area contributed by atoms with Crippen LogP contribution in [0.4, 0.5) is 17.6 Å². The fourth-order valence-corrected chi connectivity index (χ4v) is 0.773. The topological polar surface area (TPSA) is 30.0 Å². The first-order valence-electron chi connectivity index (χ1n) is 3.15. The first-order chi connectivity index (χ1) is 6.06. The van der Waals surface area contributed by atoms with Crippen molar-refractivity contribution >= 4 is 6.29 Å². The van der Waals surface area contributed by atoms with Crippen LogP contribution in [0.15, 0.2) is 6.07 Å². The van der Waals surface area contributed by atoms with E-state index in [4.69, 9.17) is 0 Å². The van der Waals surface area contributed by atoms with Gasteiger partial charge in [0.15, 0.2) is 12.1 Å². The summed E-state index contributed by atoms with van der Waals surface area (Å²) >= 11 is 0. The molecule has 0 aliphatic rings. The predicted octanol–water partition coefficient (Wildman–Crippen LogP) is 2.11. The molecule has 0 amide bonds. The van der Waals surface area contributed by atoms with E-state index in [-0.39, 0.29) is 12.4 Å². The second kappa shape index (κ2) is 3.51. The van der Waals surface area contributed by atoms with Crippen molar-refractivity contribution in [3.05, 3.63) is 29.1 Å².